The number of aliphatic hydroxyl groups is 3. The Balaban J connectivity index is 1.88. The molecule has 1 aliphatic carbocycles. The molecule has 0 aromatic heterocycles. The first-order valence-electron chi connectivity index (χ1n) is 10.1. The highest BCUT2D eigenvalue weighted by atomic mass is 35.5. The monoisotopic (exact) mass is 432 g/mol. The van der Waals surface area contributed by atoms with Crippen molar-refractivity contribution in [3.05, 3.63) is 59.2 Å². The first-order valence-corrected chi connectivity index (χ1v) is 10.5. The van der Waals surface area contributed by atoms with Crippen LogP contribution >= 0.6 is 11.6 Å². The first kappa shape index (κ1) is 24.2. The van der Waals surface area contributed by atoms with E-state index in [2.05, 4.69) is 16.6 Å². The van der Waals surface area contributed by atoms with Gasteiger partial charge in [0.25, 0.3) is 0 Å². The molecule has 1 aromatic carbocycles. The summed E-state index contributed by atoms with van der Waals surface area (Å²) in [4.78, 5) is 11.1. The van der Waals surface area contributed by atoms with Gasteiger partial charge in [0.1, 0.15) is 6.10 Å². The lowest BCUT2D eigenvalue weighted by molar-refractivity contribution is -0.140. The van der Waals surface area contributed by atoms with Crippen LogP contribution in [0, 0.1) is 23.7 Å². The highest BCUT2D eigenvalue weighted by Gasteiger charge is 2.39. The van der Waals surface area contributed by atoms with E-state index in [-0.39, 0.29) is 17.8 Å². The summed E-state index contributed by atoms with van der Waals surface area (Å²) in [5.74, 6) is 5.01. The molecule has 0 unspecified atom stereocenters. The number of rotatable bonds is 8. The van der Waals surface area contributed by atoms with Crippen LogP contribution in [-0.2, 0) is 9.53 Å². The maximum absolute atomic E-state index is 11.1. The second kappa shape index (κ2) is 12.6. The third kappa shape index (κ3) is 7.97. The van der Waals surface area contributed by atoms with E-state index in [0.717, 1.165) is 12.0 Å². The van der Waals surface area contributed by atoms with Gasteiger partial charge in [-0.2, -0.15) is 0 Å². The Morgan fingerprint density at radius 1 is 1.27 bits per heavy atom. The van der Waals surface area contributed by atoms with Crippen LogP contribution in [0.2, 0.25) is 5.02 Å². The van der Waals surface area contributed by atoms with Crippen LogP contribution in [-0.4, -0.2) is 46.7 Å². The summed E-state index contributed by atoms with van der Waals surface area (Å²) >= 11 is 5.84. The Labute approximate surface area is 183 Å². The van der Waals surface area contributed by atoms with Gasteiger partial charge in [0.15, 0.2) is 0 Å². The Bertz CT molecular complexity index is 790. The second-order valence-corrected chi connectivity index (χ2v) is 7.83. The predicted molar refractivity (Wildman–Crippen MR) is 117 cm³/mol. The van der Waals surface area contributed by atoms with E-state index in [4.69, 9.17) is 11.6 Å². The van der Waals surface area contributed by atoms with Gasteiger partial charge in [-0.25, -0.2) is 0 Å². The minimum absolute atomic E-state index is 0.135. The third-order valence-corrected chi connectivity index (χ3v) is 5.45. The molecule has 0 bridgehead atoms. The van der Waals surface area contributed by atoms with Gasteiger partial charge in [0.05, 0.1) is 19.3 Å². The molecule has 162 valence electrons. The van der Waals surface area contributed by atoms with Crippen LogP contribution in [0.15, 0.2) is 48.6 Å². The molecule has 0 amide bonds. The fourth-order valence-corrected chi connectivity index (χ4v) is 3.64. The van der Waals surface area contributed by atoms with Gasteiger partial charge < -0.3 is 20.1 Å². The topological polar surface area (TPSA) is 87.0 Å². The molecule has 1 aliphatic rings. The molecule has 5 atom stereocenters. The molecule has 1 fully saturated rings. The predicted octanol–water partition coefficient (Wildman–Crippen LogP) is 3.26. The number of aliphatic hydroxyl groups excluding tert-OH is 3. The Morgan fingerprint density at radius 2 is 2.00 bits per heavy atom. The molecule has 5 nitrogen and oxygen atoms in total. The van der Waals surface area contributed by atoms with Crippen molar-refractivity contribution in [3.8, 4) is 11.8 Å². The summed E-state index contributed by atoms with van der Waals surface area (Å²) in [7, 11) is 1.37. The molecule has 0 heterocycles. The molecule has 3 N–H and O–H groups in total. The Morgan fingerprint density at radius 3 is 2.70 bits per heavy atom. The van der Waals surface area contributed by atoms with Crippen molar-refractivity contribution in [2.24, 2.45) is 11.8 Å². The van der Waals surface area contributed by atoms with E-state index in [9.17, 15) is 20.1 Å². The van der Waals surface area contributed by atoms with Gasteiger partial charge >= 0.3 is 5.97 Å². The Hall–Kier alpha value is -2.10. The van der Waals surface area contributed by atoms with Crippen LogP contribution in [0.5, 0.6) is 0 Å². The molecular weight excluding hydrogens is 404 g/mol. The molecule has 6 heteroatoms. The molecule has 1 aromatic rings. The summed E-state index contributed by atoms with van der Waals surface area (Å²) in [5, 5.41) is 31.3. The van der Waals surface area contributed by atoms with E-state index in [1.807, 2.05) is 12.2 Å². The molecular formula is C24H29ClO5. The fourth-order valence-electron chi connectivity index (χ4n) is 3.52. The second-order valence-electron chi connectivity index (χ2n) is 7.39. The average Bonchev–Trinajstić information content (AvgIpc) is 3.00. The number of halogens is 1. The van der Waals surface area contributed by atoms with Gasteiger partial charge in [-0.05, 0) is 55.5 Å². The van der Waals surface area contributed by atoms with Crippen molar-refractivity contribution in [2.75, 3.05) is 7.11 Å². The standard InChI is InChI=1S/C24H29ClO5/c1-30-24(29)7-5-3-2-4-6-20-21(23(28)16-22(20)27)15-14-19(26)13-10-17-8-11-18(25)12-9-17/h2,4,8-9,11-12,14-15,19-23,26-28H,3,5-7,16H2,1H3/b4-2-,15-14+/t19-,20+,21+,22-,23+/m0/s1. The van der Waals surface area contributed by atoms with Gasteiger partial charge in [0.2, 0.25) is 0 Å². The van der Waals surface area contributed by atoms with Gasteiger partial charge in [-0.15, -0.1) is 0 Å². The number of carbonyl (C=O) groups excluding carboxylic acids is 1. The van der Waals surface area contributed by atoms with Crippen molar-refractivity contribution in [2.45, 2.75) is 50.4 Å². The highest BCUT2D eigenvalue weighted by molar-refractivity contribution is 6.30. The molecule has 0 radical (unpaired) electrons. The number of unbranched alkanes of at least 4 members (excludes halogenated alkanes) is 1. The SMILES string of the molecule is COC(=O)CCC/C=C\C[C@@H]1[C@@H](/C=C/[C@@H](O)C#Cc2ccc(Cl)cc2)[C@H](O)C[C@@H]1O. The van der Waals surface area contributed by atoms with Crippen LogP contribution in [0.25, 0.3) is 0 Å². The smallest absolute Gasteiger partial charge is 0.305 e. The maximum Gasteiger partial charge on any atom is 0.305 e. The third-order valence-electron chi connectivity index (χ3n) is 5.19. The first-order chi connectivity index (χ1) is 14.4. The van der Waals surface area contributed by atoms with Crippen molar-refractivity contribution >= 4 is 17.6 Å². The van der Waals surface area contributed by atoms with E-state index in [1.54, 1.807) is 36.4 Å². The van der Waals surface area contributed by atoms with Crippen molar-refractivity contribution in [1.29, 1.82) is 0 Å². The summed E-state index contributed by atoms with van der Waals surface area (Å²) in [6.45, 7) is 0. The Kier molecular flexibility index (Phi) is 10.1. The summed E-state index contributed by atoms with van der Waals surface area (Å²) in [6, 6.07) is 7.02. The van der Waals surface area contributed by atoms with Crippen molar-refractivity contribution in [1.82, 2.24) is 0 Å². The number of hydrogen-bond acceptors (Lipinski definition) is 5. The molecule has 0 spiro atoms. The van der Waals surface area contributed by atoms with E-state index < -0.39 is 18.3 Å². The zero-order valence-corrected chi connectivity index (χ0v) is 17.8. The summed E-state index contributed by atoms with van der Waals surface area (Å²) in [6.07, 6.45) is 7.78. The van der Waals surface area contributed by atoms with Crippen molar-refractivity contribution in [3.63, 3.8) is 0 Å². The molecule has 0 aliphatic heterocycles. The highest BCUT2D eigenvalue weighted by Crippen LogP contribution is 2.36. The summed E-state index contributed by atoms with van der Waals surface area (Å²) < 4.78 is 4.60. The minimum atomic E-state index is -0.972. The van der Waals surface area contributed by atoms with Gasteiger partial charge in [-0.1, -0.05) is 41.7 Å². The number of ether oxygens (including phenoxy) is 1. The molecule has 1 saturated carbocycles. The number of esters is 1. The lowest BCUT2D eigenvalue weighted by Crippen LogP contribution is -2.20. The van der Waals surface area contributed by atoms with Crippen LogP contribution < -0.4 is 0 Å². The quantitative estimate of drug-likeness (QED) is 0.254. The zero-order valence-electron chi connectivity index (χ0n) is 17.1. The molecule has 0 saturated heterocycles. The van der Waals surface area contributed by atoms with Crippen molar-refractivity contribution < 1.29 is 24.9 Å². The normalized spacial score (nSPS) is 24.7. The zero-order chi connectivity index (χ0) is 21.9. The van der Waals surface area contributed by atoms with Gasteiger partial charge in [-0.3, -0.25) is 4.79 Å². The number of methoxy groups -OCH3 is 1. The largest absolute Gasteiger partial charge is 0.469 e. The van der Waals surface area contributed by atoms with Gasteiger partial charge in [0, 0.05) is 29.3 Å². The number of hydrogen-bond donors (Lipinski definition) is 3. The number of allylic oxidation sites excluding steroid dienone is 2. The molecule has 2 rings (SSSR count). The van der Waals surface area contributed by atoms with Crippen LogP contribution in [0.3, 0.4) is 0 Å². The average molecular weight is 433 g/mol. The van der Waals surface area contributed by atoms with E-state index in [1.165, 1.54) is 7.11 Å². The van der Waals surface area contributed by atoms with Crippen LogP contribution in [0.4, 0.5) is 0 Å². The van der Waals surface area contributed by atoms with E-state index >= 15 is 0 Å². The maximum atomic E-state index is 11.1. The lowest BCUT2D eigenvalue weighted by Gasteiger charge is -2.19. The van der Waals surface area contributed by atoms with Crippen LogP contribution in [0.1, 0.15) is 37.7 Å². The lowest BCUT2D eigenvalue weighted by atomic mass is 9.89. The number of carbonyl (C=O) groups is 1. The summed E-state index contributed by atoms with van der Waals surface area (Å²) in [5.41, 5.74) is 0.749. The number of benzene rings is 1. The minimum Gasteiger partial charge on any atom is -0.469 e. The molecule has 30 heavy (non-hydrogen) atoms. The fraction of sp³-hybridized carbons (Fsp3) is 0.458. The van der Waals surface area contributed by atoms with E-state index in [0.29, 0.717) is 30.7 Å².